The van der Waals surface area contributed by atoms with Crippen molar-refractivity contribution < 1.29 is 4.74 Å². The number of aromatic nitrogens is 2. The van der Waals surface area contributed by atoms with Crippen LogP contribution in [0, 0.1) is 0 Å². The molecule has 19 heavy (non-hydrogen) atoms. The maximum absolute atomic E-state index is 5.79. The van der Waals surface area contributed by atoms with E-state index in [1.807, 2.05) is 11.8 Å². The molecule has 0 saturated heterocycles. The molecule has 1 saturated carbocycles. The Morgan fingerprint density at radius 3 is 2.74 bits per heavy atom. The second kappa shape index (κ2) is 6.96. The quantitative estimate of drug-likeness (QED) is 0.863. The highest BCUT2D eigenvalue weighted by molar-refractivity contribution is 7.99. The van der Waals surface area contributed by atoms with Crippen molar-refractivity contribution in [2.75, 3.05) is 24.4 Å². The van der Waals surface area contributed by atoms with E-state index < -0.39 is 0 Å². The number of nitrogens with zero attached hydrogens (tertiary/aromatic N) is 2. The lowest BCUT2D eigenvalue weighted by atomic mass is 9.95. The van der Waals surface area contributed by atoms with Crippen molar-refractivity contribution in [3.8, 4) is 0 Å². The molecule has 5 nitrogen and oxygen atoms in total. The van der Waals surface area contributed by atoms with Crippen LogP contribution in [0.5, 0.6) is 0 Å². The van der Waals surface area contributed by atoms with Crippen LogP contribution in [0.15, 0.2) is 6.07 Å². The Morgan fingerprint density at radius 2 is 2.11 bits per heavy atom. The molecule has 1 aliphatic rings. The molecule has 0 amide bonds. The summed E-state index contributed by atoms with van der Waals surface area (Å²) >= 11 is 1.98. The van der Waals surface area contributed by atoms with Crippen molar-refractivity contribution in [1.29, 1.82) is 0 Å². The van der Waals surface area contributed by atoms with E-state index in [4.69, 9.17) is 10.5 Å². The summed E-state index contributed by atoms with van der Waals surface area (Å²) in [6.45, 7) is 0.388. The van der Waals surface area contributed by atoms with Gasteiger partial charge in [0.05, 0.1) is 0 Å². The van der Waals surface area contributed by atoms with Gasteiger partial charge in [0.2, 0.25) is 0 Å². The Hall–Kier alpha value is -1.01. The highest BCUT2D eigenvalue weighted by Gasteiger charge is 2.20. The third-order valence-corrected chi connectivity index (χ3v) is 4.56. The first-order chi connectivity index (χ1) is 9.21. The number of ether oxygens (including phenoxy) is 1. The van der Waals surface area contributed by atoms with Crippen LogP contribution in [0.25, 0.3) is 0 Å². The summed E-state index contributed by atoms with van der Waals surface area (Å²) in [6.07, 6.45) is 7.11. The predicted molar refractivity (Wildman–Crippen MR) is 80.3 cm³/mol. The van der Waals surface area contributed by atoms with E-state index in [0.29, 0.717) is 24.3 Å². The van der Waals surface area contributed by atoms with Crippen molar-refractivity contribution >= 4 is 23.4 Å². The molecule has 1 aliphatic carbocycles. The molecule has 0 aliphatic heterocycles. The molecule has 1 heterocycles. The SMILES string of the molecule is COCc1nc(N)cc(NC2CCC(SC)CC2)n1. The Kier molecular flexibility index (Phi) is 5.27. The van der Waals surface area contributed by atoms with Crippen LogP contribution >= 0.6 is 11.8 Å². The van der Waals surface area contributed by atoms with Gasteiger partial charge in [-0.15, -0.1) is 0 Å². The number of nitrogens with one attached hydrogen (secondary N) is 1. The Labute approximate surface area is 118 Å². The predicted octanol–water partition coefficient (Wildman–Crippen LogP) is 2.29. The van der Waals surface area contributed by atoms with Crippen molar-refractivity contribution in [1.82, 2.24) is 9.97 Å². The number of thioether (sulfide) groups is 1. The van der Waals surface area contributed by atoms with Gasteiger partial charge in [0.15, 0.2) is 5.82 Å². The van der Waals surface area contributed by atoms with Crippen LogP contribution in [0.1, 0.15) is 31.5 Å². The van der Waals surface area contributed by atoms with Crippen LogP contribution < -0.4 is 11.1 Å². The van der Waals surface area contributed by atoms with Crippen molar-refractivity contribution in [2.24, 2.45) is 0 Å². The van der Waals surface area contributed by atoms with Crippen molar-refractivity contribution in [3.63, 3.8) is 0 Å². The fraction of sp³-hybridized carbons (Fsp3) is 0.692. The van der Waals surface area contributed by atoms with Gasteiger partial charge in [-0.2, -0.15) is 11.8 Å². The Morgan fingerprint density at radius 1 is 1.37 bits per heavy atom. The van der Waals surface area contributed by atoms with Gasteiger partial charge in [-0.3, -0.25) is 0 Å². The summed E-state index contributed by atoms with van der Waals surface area (Å²) in [5.74, 6) is 1.93. The minimum atomic E-state index is 0.388. The molecule has 0 spiro atoms. The summed E-state index contributed by atoms with van der Waals surface area (Å²) in [5.41, 5.74) is 5.79. The number of rotatable bonds is 5. The lowest BCUT2D eigenvalue weighted by Gasteiger charge is -2.28. The number of nitrogen functional groups attached to an aromatic ring is 1. The first kappa shape index (κ1) is 14.4. The summed E-state index contributed by atoms with van der Waals surface area (Å²) in [6, 6.07) is 2.29. The minimum Gasteiger partial charge on any atom is -0.384 e. The van der Waals surface area contributed by atoms with E-state index in [9.17, 15) is 0 Å². The van der Waals surface area contributed by atoms with E-state index in [-0.39, 0.29) is 0 Å². The van der Waals surface area contributed by atoms with Gasteiger partial charge in [0.1, 0.15) is 18.2 Å². The zero-order valence-electron chi connectivity index (χ0n) is 11.6. The molecule has 0 aromatic carbocycles. The van der Waals surface area contributed by atoms with Gasteiger partial charge < -0.3 is 15.8 Å². The maximum Gasteiger partial charge on any atom is 0.158 e. The zero-order valence-corrected chi connectivity index (χ0v) is 12.4. The monoisotopic (exact) mass is 282 g/mol. The van der Waals surface area contributed by atoms with E-state index in [2.05, 4.69) is 21.5 Å². The van der Waals surface area contributed by atoms with Gasteiger partial charge in [-0.05, 0) is 31.9 Å². The highest BCUT2D eigenvalue weighted by atomic mass is 32.2. The molecule has 0 unspecified atom stereocenters. The molecule has 1 aromatic heterocycles. The smallest absolute Gasteiger partial charge is 0.158 e. The topological polar surface area (TPSA) is 73.1 Å². The first-order valence-corrected chi connectivity index (χ1v) is 7.91. The van der Waals surface area contributed by atoms with Crippen molar-refractivity contribution in [2.45, 2.75) is 43.6 Å². The molecule has 0 atom stereocenters. The van der Waals surface area contributed by atoms with E-state index in [0.717, 1.165) is 11.1 Å². The van der Waals surface area contributed by atoms with Gasteiger partial charge >= 0.3 is 0 Å². The molecule has 6 heteroatoms. The molecule has 1 aromatic rings. The largest absolute Gasteiger partial charge is 0.384 e. The van der Waals surface area contributed by atoms with Gasteiger partial charge in [-0.1, -0.05) is 0 Å². The Balaban J connectivity index is 1.95. The third-order valence-electron chi connectivity index (χ3n) is 3.43. The van der Waals surface area contributed by atoms with E-state index >= 15 is 0 Å². The number of nitrogens with two attached hydrogens (primary N) is 1. The second-order valence-electron chi connectivity index (χ2n) is 4.88. The van der Waals surface area contributed by atoms with Gasteiger partial charge in [0.25, 0.3) is 0 Å². The molecular formula is C13H22N4OS. The number of anilines is 2. The highest BCUT2D eigenvalue weighted by Crippen LogP contribution is 2.28. The summed E-state index contributed by atoms with van der Waals surface area (Å²) < 4.78 is 5.05. The van der Waals surface area contributed by atoms with Crippen LogP contribution in [-0.2, 0) is 11.3 Å². The summed E-state index contributed by atoms with van der Waals surface area (Å²) in [5, 5.41) is 4.29. The first-order valence-electron chi connectivity index (χ1n) is 6.63. The minimum absolute atomic E-state index is 0.388. The van der Waals surface area contributed by atoms with E-state index in [1.54, 1.807) is 13.2 Å². The molecular weight excluding hydrogens is 260 g/mol. The van der Waals surface area contributed by atoms with Crippen LogP contribution in [0.2, 0.25) is 0 Å². The van der Waals surface area contributed by atoms with Crippen molar-refractivity contribution in [3.05, 3.63) is 11.9 Å². The average Bonchev–Trinajstić information content (AvgIpc) is 2.39. The number of hydrogen-bond acceptors (Lipinski definition) is 6. The Bertz CT molecular complexity index is 408. The molecule has 0 bridgehead atoms. The van der Waals surface area contributed by atoms with E-state index in [1.165, 1.54) is 25.7 Å². The normalized spacial score (nSPS) is 23.3. The molecule has 0 radical (unpaired) electrons. The average molecular weight is 282 g/mol. The number of hydrogen-bond donors (Lipinski definition) is 2. The second-order valence-corrected chi connectivity index (χ2v) is 6.02. The lowest BCUT2D eigenvalue weighted by Crippen LogP contribution is -2.27. The molecule has 106 valence electrons. The van der Waals surface area contributed by atoms with Gasteiger partial charge in [-0.25, -0.2) is 9.97 Å². The zero-order chi connectivity index (χ0) is 13.7. The fourth-order valence-electron chi connectivity index (χ4n) is 2.44. The molecule has 1 fully saturated rings. The van der Waals surface area contributed by atoms with Crippen LogP contribution in [0.3, 0.4) is 0 Å². The van der Waals surface area contributed by atoms with Crippen LogP contribution in [0.4, 0.5) is 11.6 Å². The lowest BCUT2D eigenvalue weighted by molar-refractivity contribution is 0.178. The summed E-state index contributed by atoms with van der Waals surface area (Å²) in [4.78, 5) is 8.56. The van der Waals surface area contributed by atoms with Crippen LogP contribution in [-0.4, -0.2) is 34.6 Å². The third kappa shape index (κ3) is 4.24. The maximum atomic E-state index is 5.79. The number of methoxy groups -OCH3 is 1. The summed E-state index contributed by atoms with van der Waals surface area (Å²) in [7, 11) is 1.63. The fourth-order valence-corrected chi connectivity index (χ4v) is 3.18. The molecule has 2 rings (SSSR count). The molecule has 3 N–H and O–H groups in total. The standard InChI is InChI=1S/C13H22N4OS/c1-18-8-13-16-11(14)7-12(17-13)15-9-3-5-10(19-2)6-4-9/h7,9-10H,3-6,8H2,1-2H3,(H3,14,15,16,17). The van der Waals surface area contributed by atoms with Gasteiger partial charge in [0, 0.05) is 24.5 Å².